The molecule has 0 aliphatic carbocycles. The monoisotopic (exact) mass is 400 g/mol. The van der Waals surface area contributed by atoms with Crippen LogP contribution in [0.4, 0.5) is 4.39 Å². The number of nitrogens with one attached hydrogen (secondary N) is 1. The Labute approximate surface area is 169 Å². The zero-order chi connectivity index (χ0) is 20.8. The maximum absolute atomic E-state index is 14.1. The lowest BCUT2D eigenvalue weighted by Crippen LogP contribution is -2.46. The van der Waals surface area contributed by atoms with Crippen molar-refractivity contribution in [3.8, 4) is 11.5 Å². The summed E-state index contributed by atoms with van der Waals surface area (Å²) >= 11 is 0. The van der Waals surface area contributed by atoms with Gasteiger partial charge in [0.1, 0.15) is 25.1 Å². The molecule has 1 unspecified atom stereocenters. The van der Waals surface area contributed by atoms with Crippen LogP contribution in [0, 0.1) is 5.82 Å². The molecule has 7 heteroatoms. The summed E-state index contributed by atoms with van der Waals surface area (Å²) in [5.41, 5.74) is 1.30. The minimum atomic E-state index is -0.715. The molecule has 0 saturated heterocycles. The number of carbonyl (C=O) groups is 2. The first-order valence-electron chi connectivity index (χ1n) is 9.62. The first-order chi connectivity index (χ1) is 14.0. The lowest BCUT2D eigenvalue weighted by molar-refractivity contribution is -0.140. The van der Waals surface area contributed by atoms with Gasteiger partial charge >= 0.3 is 0 Å². The molecule has 29 heavy (non-hydrogen) atoms. The minimum absolute atomic E-state index is 0.0290. The Hall–Kier alpha value is -3.09. The Bertz CT molecular complexity index is 887. The van der Waals surface area contributed by atoms with E-state index in [0.717, 1.165) is 5.56 Å². The molecule has 154 valence electrons. The van der Waals surface area contributed by atoms with Crippen molar-refractivity contribution in [2.45, 2.75) is 32.4 Å². The van der Waals surface area contributed by atoms with E-state index < -0.39 is 11.9 Å². The molecule has 0 fully saturated rings. The maximum Gasteiger partial charge on any atom is 0.242 e. The lowest BCUT2D eigenvalue weighted by atomic mass is 10.1. The number of hydrogen-bond acceptors (Lipinski definition) is 4. The summed E-state index contributed by atoms with van der Waals surface area (Å²) in [5.74, 6) is 0.443. The van der Waals surface area contributed by atoms with Gasteiger partial charge in [-0.2, -0.15) is 0 Å². The molecule has 0 radical (unpaired) electrons. The number of hydrogen-bond donors (Lipinski definition) is 1. The van der Waals surface area contributed by atoms with Crippen molar-refractivity contribution in [1.29, 1.82) is 0 Å². The van der Waals surface area contributed by atoms with Crippen molar-refractivity contribution in [3.05, 3.63) is 59.4 Å². The number of carbonyl (C=O) groups excluding carboxylic acids is 2. The molecule has 3 rings (SSSR count). The van der Waals surface area contributed by atoms with Crippen LogP contribution in [0.25, 0.3) is 0 Å². The van der Waals surface area contributed by atoms with Crippen molar-refractivity contribution in [3.63, 3.8) is 0 Å². The summed E-state index contributed by atoms with van der Waals surface area (Å²) in [6, 6.07) is 11.1. The Balaban J connectivity index is 1.72. The third kappa shape index (κ3) is 5.04. The molecule has 2 aromatic carbocycles. The van der Waals surface area contributed by atoms with Crippen LogP contribution < -0.4 is 14.8 Å². The second-order valence-electron chi connectivity index (χ2n) is 6.88. The number of ether oxygens (including phenoxy) is 2. The number of aryl methyl sites for hydroxylation is 1. The quantitative estimate of drug-likeness (QED) is 0.776. The Morgan fingerprint density at radius 1 is 1.14 bits per heavy atom. The van der Waals surface area contributed by atoms with Gasteiger partial charge in [0, 0.05) is 25.6 Å². The summed E-state index contributed by atoms with van der Waals surface area (Å²) in [6.07, 6.45) is 0.666. The van der Waals surface area contributed by atoms with Crippen LogP contribution in [0.5, 0.6) is 11.5 Å². The standard InChI is InChI=1S/C22H25FN2O4/c1-15(22(27)24-2)25(14-17-5-3-4-6-18(17)23)21(26)10-8-16-7-9-19-20(13-16)29-12-11-28-19/h3-7,9,13,15H,8,10-12,14H2,1-2H3,(H,24,27). The van der Waals surface area contributed by atoms with Crippen molar-refractivity contribution in [2.24, 2.45) is 0 Å². The van der Waals surface area contributed by atoms with Gasteiger partial charge in [-0.3, -0.25) is 9.59 Å². The first kappa shape index (κ1) is 20.6. The van der Waals surface area contributed by atoms with Gasteiger partial charge in [0.2, 0.25) is 11.8 Å². The Morgan fingerprint density at radius 2 is 1.86 bits per heavy atom. The number of rotatable bonds is 7. The molecular formula is C22H25FN2O4. The summed E-state index contributed by atoms with van der Waals surface area (Å²) in [4.78, 5) is 26.5. The van der Waals surface area contributed by atoms with Gasteiger partial charge in [-0.05, 0) is 37.1 Å². The van der Waals surface area contributed by atoms with E-state index >= 15 is 0 Å². The van der Waals surface area contributed by atoms with E-state index in [-0.39, 0.29) is 24.8 Å². The molecule has 1 aliphatic rings. The van der Waals surface area contributed by atoms with Gasteiger partial charge in [-0.25, -0.2) is 4.39 Å². The van der Waals surface area contributed by atoms with Crippen molar-refractivity contribution in [2.75, 3.05) is 20.3 Å². The fourth-order valence-corrected chi connectivity index (χ4v) is 3.24. The number of nitrogens with zero attached hydrogens (tertiary/aromatic N) is 1. The molecule has 0 saturated carbocycles. The normalized spacial score (nSPS) is 13.5. The van der Waals surface area contributed by atoms with Crippen LogP contribution >= 0.6 is 0 Å². The fourth-order valence-electron chi connectivity index (χ4n) is 3.24. The minimum Gasteiger partial charge on any atom is -0.486 e. The zero-order valence-corrected chi connectivity index (χ0v) is 16.6. The highest BCUT2D eigenvalue weighted by molar-refractivity contribution is 5.87. The van der Waals surface area contributed by atoms with Gasteiger partial charge in [-0.1, -0.05) is 24.3 Å². The number of likely N-dealkylation sites (N-methyl/N-ethyl adjacent to an activating group) is 1. The highest BCUT2D eigenvalue weighted by Crippen LogP contribution is 2.31. The molecule has 1 N–H and O–H groups in total. The number of amides is 2. The van der Waals surface area contributed by atoms with E-state index in [0.29, 0.717) is 36.7 Å². The van der Waals surface area contributed by atoms with Gasteiger partial charge in [0.15, 0.2) is 11.5 Å². The molecule has 0 bridgehead atoms. The zero-order valence-electron chi connectivity index (χ0n) is 16.6. The summed E-state index contributed by atoms with van der Waals surface area (Å²) < 4.78 is 25.2. The van der Waals surface area contributed by atoms with Gasteiger partial charge < -0.3 is 19.7 Å². The summed E-state index contributed by atoms with van der Waals surface area (Å²) in [6.45, 7) is 2.69. The second kappa shape index (κ2) is 9.41. The highest BCUT2D eigenvalue weighted by atomic mass is 19.1. The van der Waals surface area contributed by atoms with E-state index in [4.69, 9.17) is 9.47 Å². The highest BCUT2D eigenvalue weighted by Gasteiger charge is 2.26. The number of fused-ring (bicyclic) bond motifs is 1. The first-order valence-corrected chi connectivity index (χ1v) is 9.62. The van der Waals surface area contributed by atoms with E-state index in [1.807, 2.05) is 18.2 Å². The maximum atomic E-state index is 14.1. The van der Waals surface area contributed by atoms with E-state index in [1.165, 1.54) is 18.0 Å². The predicted octanol–water partition coefficient (Wildman–Crippen LogP) is 2.69. The van der Waals surface area contributed by atoms with Crippen LogP contribution in [0.15, 0.2) is 42.5 Å². The smallest absolute Gasteiger partial charge is 0.242 e. The van der Waals surface area contributed by atoms with Crippen molar-refractivity contribution < 1.29 is 23.5 Å². The molecule has 0 aromatic heterocycles. The largest absolute Gasteiger partial charge is 0.486 e. The van der Waals surface area contributed by atoms with E-state index in [2.05, 4.69) is 5.32 Å². The van der Waals surface area contributed by atoms with Crippen LogP contribution in [0.2, 0.25) is 0 Å². The topological polar surface area (TPSA) is 67.9 Å². The van der Waals surface area contributed by atoms with E-state index in [1.54, 1.807) is 25.1 Å². The molecular weight excluding hydrogens is 375 g/mol. The fraction of sp³-hybridized carbons (Fsp3) is 0.364. The van der Waals surface area contributed by atoms with Gasteiger partial charge in [0.25, 0.3) is 0 Å². The summed E-state index contributed by atoms with van der Waals surface area (Å²) in [7, 11) is 1.51. The third-order valence-electron chi connectivity index (χ3n) is 4.95. The third-order valence-corrected chi connectivity index (χ3v) is 4.95. The van der Waals surface area contributed by atoms with Crippen LogP contribution in [-0.4, -0.2) is 43.0 Å². The molecule has 2 aromatic rings. The van der Waals surface area contributed by atoms with Crippen molar-refractivity contribution in [1.82, 2.24) is 10.2 Å². The molecule has 0 spiro atoms. The van der Waals surface area contributed by atoms with Crippen molar-refractivity contribution >= 4 is 11.8 Å². The SMILES string of the molecule is CNC(=O)C(C)N(Cc1ccccc1F)C(=O)CCc1ccc2c(c1)OCCO2. The second-order valence-corrected chi connectivity index (χ2v) is 6.88. The molecule has 2 amide bonds. The van der Waals surface area contributed by atoms with Crippen LogP contribution in [0.1, 0.15) is 24.5 Å². The average molecular weight is 400 g/mol. The Morgan fingerprint density at radius 3 is 2.59 bits per heavy atom. The molecule has 6 nitrogen and oxygen atoms in total. The number of halogens is 1. The Kier molecular flexibility index (Phi) is 6.69. The molecule has 1 aliphatic heterocycles. The van der Waals surface area contributed by atoms with Gasteiger partial charge in [0.05, 0.1) is 0 Å². The van der Waals surface area contributed by atoms with Crippen LogP contribution in [0.3, 0.4) is 0 Å². The molecule has 1 heterocycles. The molecule has 1 atom stereocenters. The summed E-state index contributed by atoms with van der Waals surface area (Å²) in [5, 5.41) is 2.55. The van der Waals surface area contributed by atoms with Crippen LogP contribution in [-0.2, 0) is 22.6 Å². The number of benzene rings is 2. The van der Waals surface area contributed by atoms with E-state index in [9.17, 15) is 14.0 Å². The average Bonchev–Trinajstić information content (AvgIpc) is 2.75. The lowest BCUT2D eigenvalue weighted by Gasteiger charge is -2.28. The van der Waals surface area contributed by atoms with Gasteiger partial charge in [-0.15, -0.1) is 0 Å². The predicted molar refractivity (Wildman–Crippen MR) is 106 cm³/mol.